The molecule has 0 fully saturated rings. The van der Waals surface area contributed by atoms with Gasteiger partial charge in [-0.05, 0) is 29.2 Å². The Kier molecular flexibility index (Phi) is 7.13. The smallest absolute Gasteiger partial charge is 0.240 e. The average Bonchev–Trinajstić information content (AvgIpc) is 2.63. The summed E-state index contributed by atoms with van der Waals surface area (Å²) in [5.74, 6) is -1.78. The minimum absolute atomic E-state index is 0.0358. The number of carbonyl (C=O) groups is 1. The Morgan fingerprint density at radius 1 is 1.07 bits per heavy atom. The molecule has 158 valence electrons. The van der Waals surface area contributed by atoms with Crippen molar-refractivity contribution in [2.45, 2.75) is 44.0 Å². The lowest BCUT2D eigenvalue weighted by molar-refractivity contribution is -0.130. The van der Waals surface area contributed by atoms with Gasteiger partial charge >= 0.3 is 0 Å². The summed E-state index contributed by atoms with van der Waals surface area (Å²) in [6.07, 6.45) is -0.0847. The van der Waals surface area contributed by atoms with Crippen LogP contribution in [0.3, 0.4) is 0 Å². The summed E-state index contributed by atoms with van der Waals surface area (Å²) in [6, 6.07) is 9.76. The van der Waals surface area contributed by atoms with Crippen LogP contribution < -0.4 is 4.72 Å². The minimum atomic E-state index is -3.74. The third-order valence-electron chi connectivity index (χ3n) is 4.51. The van der Waals surface area contributed by atoms with E-state index in [0.717, 1.165) is 17.7 Å². The molecule has 5 nitrogen and oxygen atoms in total. The van der Waals surface area contributed by atoms with Crippen LogP contribution in [0.4, 0.5) is 8.78 Å². The van der Waals surface area contributed by atoms with Crippen LogP contribution in [-0.2, 0) is 26.8 Å². The van der Waals surface area contributed by atoms with Gasteiger partial charge in [0.15, 0.2) is 0 Å². The first-order valence-electron chi connectivity index (χ1n) is 9.18. The van der Waals surface area contributed by atoms with Gasteiger partial charge in [0.05, 0.1) is 4.90 Å². The summed E-state index contributed by atoms with van der Waals surface area (Å²) in [5.41, 5.74) is 1.11. The summed E-state index contributed by atoms with van der Waals surface area (Å²) in [4.78, 5) is 13.6. The van der Waals surface area contributed by atoms with Crippen LogP contribution in [0.1, 0.15) is 38.3 Å². The molecule has 0 saturated heterocycles. The van der Waals surface area contributed by atoms with Crippen LogP contribution in [0.25, 0.3) is 0 Å². The third-order valence-corrected chi connectivity index (χ3v) is 5.99. The fourth-order valence-corrected chi connectivity index (χ4v) is 3.73. The molecule has 2 aromatic rings. The topological polar surface area (TPSA) is 66.5 Å². The van der Waals surface area contributed by atoms with Crippen molar-refractivity contribution in [3.63, 3.8) is 0 Å². The van der Waals surface area contributed by atoms with Gasteiger partial charge in [0.2, 0.25) is 15.9 Å². The molecule has 0 bridgehead atoms. The first kappa shape index (κ1) is 23.0. The lowest BCUT2D eigenvalue weighted by Gasteiger charge is -2.19. The van der Waals surface area contributed by atoms with E-state index in [1.807, 2.05) is 20.8 Å². The highest BCUT2D eigenvalue weighted by molar-refractivity contribution is 7.89. The Labute approximate surface area is 170 Å². The Morgan fingerprint density at radius 2 is 1.69 bits per heavy atom. The van der Waals surface area contributed by atoms with E-state index in [-0.39, 0.29) is 41.3 Å². The molecule has 0 aromatic heterocycles. The zero-order chi connectivity index (χ0) is 21.8. The number of benzene rings is 2. The van der Waals surface area contributed by atoms with Gasteiger partial charge in [0.25, 0.3) is 0 Å². The molecule has 0 spiro atoms. The number of amides is 1. The number of nitrogens with one attached hydrogen (secondary N) is 1. The van der Waals surface area contributed by atoms with Crippen molar-refractivity contribution in [2.24, 2.45) is 0 Å². The van der Waals surface area contributed by atoms with Gasteiger partial charge in [0, 0.05) is 38.2 Å². The number of hydrogen-bond donors (Lipinski definition) is 1. The first-order valence-corrected chi connectivity index (χ1v) is 10.7. The Bertz CT molecular complexity index is 968. The zero-order valence-corrected chi connectivity index (χ0v) is 17.8. The molecule has 8 heteroatoms. The van der Waals surface area contributed by atoms with Crippen molar-refractivity contribution >= 4 is 15.9 Å². The molecule has 29 heavy (non-hydrogen) atoms. The lowest BCUT2D eigenvalue weighted by Crippen LogP contribution is -2.32. The number of carbonyl (C=O) groups excluding carboxylic acids is 1. The van der Waals surface area contributed by atoms with Gasteiger partial charge in [-0.25, -0.2) is 21.9 Å². The van der Waals surface area contributed by atoms with Crippen LogP contribution in [0, 0.1) is 11.6 Å². The van der Waals surface area contributed by atoms with Gasteiger partial charge in [-0.3, -0.25) is 4.79 Å². The van der Waals surface area contributed by atoms with E-state index in [9.17, 15) is 22.0 Å². The number of halogens is 2. The quantitative estimate of drug-likeness (QED) is 0.739. The summed E-state index contributed by atoms with van der Waals surface area (Å²) in [7, 11) is -2.26. The Hall–Kier alpha value is -2.32. The normalized spacial score (nSPS) is 12.1. The van der Waals surface area contributed by atoms with E-state index in [0.29, 0.717) is 0 Å². The molecular formula is C21H26F2N2O3S. The summed E-state index contributed by atoms with van der Waals surface area (Å²) >= 11 is 0. The fourth-order valence-electron chi connectivity index (χ4n) is 2.69. The van der Waals surface area contributed by atoms with Crippen molar-refractivity contribution < 1.29 is 22.0 Å². The molecule has 2 aromatic carbocycles. The van der Waals surface area contributed by atoms with Crippen molar-refractivity contribution in [1.29, 1.82) is 0 Å². The van der Waals surface area contributed by atoms with Crippen LogP contribution >= 0.6 is 0 Å². The maximum atomic E-state index is 13.7. The van der Waals surface area contributed by atoms with E-state index in [1.165, 1.54) is 30.1 Å². The van der Waals surface area contributed by atoms with Crippen LogP contribution in [-0.4, -0.2) is 32.8 Å². The van der Waals surface area contributed by atoms with Gasteiger partial charge < -0.3 is 4.90 Å². The average molecular weight is 425 g/mol. The summed E-state index contributed by atoms with van der Waals surface area (Å²) in [5, 5.41) is 0. The molecule has 1 amide bonds. The number of hydrogen-bond acceptors (Lipinski definition) is 3. The second kappa shape index (κ2) is 9.00. The highest BCUT2D eigenvalue weighted by Crippen LogP contribution is 2.23. The van der Waals surface area contributed by atoms with E-state index in [1.54, 1.807) is 12.1 Å². The minimum Gasteiger partial charge on any atom is -0.341 e. The monoisotopic (exact) mass is 424 g/mol. The standard InChI is InChI=1S/C21H26F2N2O3S/c1-21(2,3)16-6-9-18(10-7-16)29(27,28)24-12-11-20(26)25(4)14-15-5-8-17(22)13-19(15)23/h5-10,13,24H,11-12,14H2,1-4H3. The van der Waals surface area contributed by atoms with Gasteiger partial charge in [0.1, 0.15) is 11.6 Å². The molecule has 0 unspecified atom stereocenters. The SMILES string of the molecule is CN(Cc1ccc(F)cc1F)C(=O)CCNS(=O)(=O)c1ccc(C(C)(C)C)cc1. The molecule has 0 heterocycles. The van der Waals surface area contributed by atoms with Crippen molar-refractivity contribution in [3.8, 4) is 0 Å². The van der Waals surface area contributed by atoms with Crippen LogP contribution in [0.2, 0.25) is 0 Å². The second-order valence-electron chi connectivity index (χ2n) is 7.91. The number of rotatable bonds is 7. The first-order chi connectivity index (χ1) is 13.4. The van der Waals surface area contributed by atoms with Crippen molar-refractivity contribution in [1.82, 2.24) is 9.62 Å². The highest BCUT2D eigenvalue weighted by Gasteiger charge is 2.18. The van der Waals surface area contributed by atoms with E-state index < -0.39 is 21.7 Å². The Morgan fingerprint density at radius 3 is 2.24 bits per heavy atom. The largest absolute Gasteiger partial charge is 0.341 e. The van der Waals surface area contributed by atoms with E-state index in [4.69, 9.17) is 0 Å². The molecule has 2 rings (SSSR count). The van der Waals surface area contributed by atoms with Gasteiger partial charge in [-0.15, -0.1) is 0 Å². The molecule has 0 aliphatic heterocycles. The highest BCUT2D eigenvalue weighted by atomic mass is 32.2. The van der Waals surface area contributed by atoms with E-state index in [2.05, 4.69) is 4.72 Å². The lowest BCUT2D eigenvalue weighted by atomic mass is 9.87. The molecule has 1 N–H and O–H groups in total. The summed E-state index contributed by atoms with van der Waals surface area (Å²) in [6.45, 7) is 5.99. The summed E-state index contributed by atoms with van der Waals surface area (Å²) < 4.78 is 53.8. The Balaban J connectivity index is 1.91. The van der Waals surface area contributed by atoms with E-state index >= 15 is 0 Å². The fraction of sp³-hybridized carbons (Fsp3) is 0.381. The predicted octanol–water partition coefficient (Wildman–Crippen LogP) is 3.59. The molecule has 0 aliphatic carbocycles. The zero-order valence-electron chi connectivity index (χ0n) is 17.0. The van der Waals surface area contributed by atoms with Crippen LogP contribution in [0.5, 0.6) is 0 Å². The maximum Gasteiger partial charge on any atom is 0.240 e. The van der Waals surface area contributed by atoms with Gasteiger partial charge in [-0.1, -0.05) is 39.0 Å². The molecule has 0 aliphatic rings. The number of sulfonamides is 1. The third kappa shape index (κ3) is 6.33. The maximum absolute atomic E-state index is 13.7. The van der Waals surface area contributed by atoms with Gasteiger partial charge in [-0.2, -0.15) is 0 Å². The van der Waals surface area contributed by atoms with Crippen LogP contribution in [0.15, 0.2) is 47.4 Å². The number of nitrogens with zero attached hydrogens (tertiary/aromatic N) is 1. The molecule has 0 atom stereocenters. The van der Waals surface area contributed by atoms with Crippen molar-refractivity contribution in [2.75, 3.05) is 13.6 Å². The molecule has 0 radical (unpaired) electrons. The molecular weight excluding hydrogens is 398 g/mol. The molecule has 0 saturated carbocycles. The second-order valence-corrected chi connectivity index (χ2v) is 9.67. The van der Waals surface area contributed by atoms with Crippen molar-refractivity contribution in [3.05, 3.63) is 65.2 Å². The predicted molar refractivity (Wildman–Crippen MR) is 108 cm³/mol.